The fraction of sp³-hybridized carbons (Fsp3) is 0.167. The molecule has 0 amide bonds. The van der Waals surface area contributed by atoms with E-state index in [0.29, 0.717) is 0 Å². The fourth-order valence-corrected chi connectivity index (χ4v) is 2.21. The van der Waals surface area contributed by atoms with Crippen LogP contribution in [0.25, 0.3) is 0 Å². The molecule has 0 bridgehead atoms. The van der Waals surface area contributed by atoms with Crippen LogP contribution in [-0.4, -0.2) is 3.84 Å². The van der Waals surface area contributed by atoms with Crippen molar-refractivity contribution in [1.29, 1.82) is 0 Å². The fourth-order valence-electron chi connectivity index (χ4n) is 0.571. The molecule has 0 saturated heterocycles. The zero-order chi connectivity index (χ0) is 6.69. The molecule has 0 radical (unpaired) electrons. The summed E-state index contributed by atoms with van der Waals surface area (Å²) in [6.45, 7) is 0. The van der Waals surface area contributed by atoms with Gasteiger partial charge in [0, 0.05) is 0 Å². The number of hydrogen-bond donors (Lipinski definition) is 0. The molecule has 0 aromatic rings. The van der Waals surface area contributed by atoms with E-state index in [2.05, 4.69) is 0 Å². The second-order valence-electron chi connectivity index (χ2n) is 1.53. The van der Waals surface area contributed by atoms with Gasteiger partial charge in [-0.05, 0) is 0 Å². The number of hydrogen-bond acceptors (Lipinski definition) is 1. The number of halogens is 1. The van der Waals surface area contributed by atoms with Gasteiger partial charge in [0.05, 0.1) is 0 Å². The van der Waals surface area contributed by atoms with Gasteiger partial charge in [-0.3, -0.25) is 0 Å². The van der Waals surface area contributed by atoms with E-state index in [1.54, 1.807) is 0 Å². The Morgan fingerprint density at radius 3 is 3.00 bits per heavy atom. The molecular formula is C6H5ClORu. The van der Waals surface area contributed by atoms with Crippen molar-refractivity contribution < 1.29 is 21.9 Å². The summed E-state index contributed by atoms with van der Waals surface area (Å²) in [4.78, 5) is 10.3. The van der Waals surface area contributed by atoms with Gasteiger partial charge in [-0.25, -0.2) is 0 Å². The molecule has 0 aromatic heterocycles. The Kier molecular flexibility index (Phi) is 2.62. The Balaban J connectivity index is 2.39. The molecule has 1 rings (SSSR count). The van der Waals surface area contributed by atoms with E-state index in [4.69, 9.17) is 11.6 Å². The van der Waals surface area contributed by atoms with Crippen LogP contribution in [-0.2, 0) is 17.1 Å². The quantitative estimate of drug-likeness (QED) is 0.524. The molecule has 50 valence electrons. The second-order valence-corrected chi connectivity index (χ2v) is 4.71. The van der Waals surface area contributed by atoms with E-state index < -0.39 is 0 Å². The Hall–Kier alpha value is 0.0634. The number of allylic oxidation sites excluding steroid dienone is 4. The number of rotatable bonds is 2. The first-order valence-corrected chi connectivity index (χ1v) is 4.58. The summed E-state index contributed by atoms with van der Waals surface area (Å²) in [7, 11) is 0. The zero-order valence-electron chi connectivity index (χ0n) is 4.58. The van der Waals surface area contributed by atoms with Crippen molar-refractivity contribution in [1.82, 2.24) is 0 Å². The molecule has 1 aliphatic rings. The summed E-state index contributed by atoms with van der Waals surface area (Å²) >= 11 is 4.84. The summed E-state index contributed by atoms with van der Waals surface area (Å²) in [5.74, 6) is 0. The van der Waals surface area contributed by atoms with Gasteiger partial charge < -0.3 is 0 Å². The summed E-state index contributed by atoms with van der Waals surface area (Å²) in [6.07, 6.45) is 6.89. The minimum atomic E-state index is -0.348. The second kappa shape index (κ2) is 3.29. The van der Waals surface area contributed by atoms with Crippen LogP contribution >= 0.6 is 11.6 Å². The van der Waals surface area contributed by atoms with Crippen molar-refractivity contribution in [3.63, 3.8) is 0 Å². The predicted octanol–water partition coefficient (Wildman–Crippen LogP) is 2.27. The van der Waals surface area contributed by atoms with E-state index in [0.717, 1.165) is 6.42 Å². The first-order valence-electron chi connectivity index (χ1n) is 2.46. The Morgan fingerprint density at radius 1 is 1.78 bits per heavy atom. The molecule has 0 atom stereocenters. The van der Waals surface area contributed by atoms with Gasteiger partial charge in [0.25, 0.3) is 0 Å². The minimum absolute atomic E-state index is 0.183. The van der Waals surface area contributed by atoms with E-state index in [9.17, 15) is 4.79 Å². The maximum absolute atomic E-state index is 10.3. The standard InChI is InChI=1S/C5H5.CClO.Ru/c1-2-4-5-3-1;2-1-3;/h1-3H,4H2;;. The van der Waals surface area contributed by atoms with Crippen molar-refractivity contribution in [2.24, 2.45) is 0 Å². The first kappa shape index (κ1) is 7.17. The third-order valence-electron chi connectivity index (χ3n) is 0.900. The molecule has 0 fully saturated rings. The van der Waals surface area contributed by atoms with Crippen LogP contribution in [0.3, 0.4) is 0 Å². The maximum atomic E-state index is 10.3. The van der Waals surface area contributed by atoms with Crippen molar-refractivity contribution in [3.8, 4) is 0 Å². The molecule has 0 aromatic carbocycles. The molecule has 0 unspecified atom stereocenters. The van der Waals surface area contributed by atoms with E-state index in [1.165, 1.54) is 4.17 Å². The molecular weight excluding hydrogens is 225 g/mol. The van der Waals surface area contributed by atoms with E-state index in [1.807, 2.05) is 18.2 Å². The van der Waals surface area contributed by atoms with Gasteiger partial charge in [-0.15, -0.1) is 0 Å². The normalized spacial score (nSPS) is 16.3. The third kappa shape index (κ3) is 2.42. The van der Waals surface area contributed by atoms with Crippen LogP contribution in [0, 0.1) is 0 Å². The molecule has 0 N–H and O–H groups in total. The van der Waals surface area contributed by atoms with Crippen LogP contribution in [0.4, 0.5) is 4.79 Å². The number of carbonyl (C=O) groups excluding carboxylic acids is 1. The van der Waals surface area contributed by atoms with Crippen LogP contribution in [0.2, 0.25) is 0 Å². The predicted molar refractivity (Wildman–Crippen MR) is 33.1 cm³/mol. The van der Waals surface area contributed by atoms with Crippen LogP contribution in [0.1, 0.15) is 6.42 Å². The van der Waals surface area contributed by atoms with Crippen molar-refractivity contribution in [3.05, 3.63) is 22.4 Å². The summed E-state index contributed by atoms with van der Waals surface area (Å²) in [5, 5.41) is 0. The Labute approximate surface area is 66.4 Å². The van der Waals surface area contributed by atoms with E-state index >= 15 is 0 Å². The molecule has 3 heteroatoms. The van der Waals surface area contributed by atoms with Gasteiger partial charge >= 0.3 is 66.2 Å². The monoisotopic (exact) mass is 230 g/mol. The first-order chi connectivity index (χ1) is 4.29. The molecule has 0 saturated carbocycles. The van der Waals surface area contributed by atoms with Gasteiger partial charge in [0.15, 0.2) is 0 Å². The molecule has 9 heavy (non-hydrogen) atoms. The van der Waals surface area contributed by atoms with Crippen LogP contribution in [0.15, 0.2) is 22.4 Å². The molecule has 1 nitrogen and oxygen atoms in total. The molecule has 0 heterocycles. The van der Waals surface area contributed by atoms with Crippen LogP contribution < -0.4 is 0 Å². The molecule has 0 spiro atoms. The van der Waals surface area contributed by atoms with Crippen molar-refractivity contribution in [2.45, 2.75) is 6.42 Å². The van der Waals surface area contributed by atoms with Crippen molar-refractivity contribution in [2.75, 3.05) is 0 Å². The van der Waals surface area contributed by atoms with Crippen LogP contribution in [0.5, 0.6) is 0 Å². The Morgan fingerprint density at radius 2 is 2.56 bits per heavy atom. The average Bonchev–Trinajstić information content (AvgIpc) is 2.15. The summed E-state index contributed by atoms with van der Waals surface area (Å²) in [6, 6.07) is 0. The zero-order valence-corrected chi connectivity index (χ0v) is 7.07. The average molecular weight is 230 g/mol. The van der Waals surface area contributed by atoms with Gasteiger partial charge in [-0.1, -0.05) is 0 Å². The number of carbonyl (C=O) groups is 1. The van der Waals surface area contributed by atoms with Gasteiger partial charge in [0.1, 0.15) is 0 Å². The van der Waals surface area contributed by atoms with Gasteiger partial charge in [0.2, 0.25) is 0 Å². The Bertz CT molecular complexity index is 183. The summed E-state index contributed by atoms with van der Waals surface area (Å²) in [5.41, 5.74) is 0. The third-order valence-corrected chi connectivity index (χ3v) is 2.84. The molecule has 0 aliphatic heterocycles. The topological polar surface area (TPSA) is 17.1 Å². The SMILES string of the molecule is O=[C](Cl)[Ru][C]1=CC=CC1. The summed E-state index contributed by atoms with van der Waals surface area (Å²) < 4.78 is 1.01. The van der Waals surface area contributed by atoms with E-state index in [-0.39, 0.29) is 21.0 Å². The van der Waals surface area contributed by atoms with Gasteiger partial charge in [-0.2, -0.15) is 0 Å². The van der Waals surface area contributed by atoms with Crippen molar-refractivity contribution >= 4 is 15.4 Å². The molecule has 1 aliphatic carbocycles.